The van der Waals surface area contributed by atoms with Crippen molar-refractivity contribution in [3.63, 3.8) is 0 Å². The first-order valence-electron chi connectivity index (χ1n) is 5.06. The van der Waals surface area contributed by atoms with Crippen molar-refractivity contribution in [1.82, 2.24) is 9.78 Å². The Balaban J connectivity index is 2.24. The minimum Gasteiger partial charge on any atom is -0.373 e. The van der Waals surface area contributed by atoms with E-state index in [9.17, 15) is 0 Å². The van der Waals surface area contributed by atoms with E-state index >= 15 is 0 Å². The molecule has 3 heteroatoms. The molecule has 0 spiro atoms. The summed E-state index contributed by atoms with van der Waals surface area (Å²) in [7, 11) is 1.91. The second-order valence-electron chi connectivity index (χ2n) is 3.56. The third-order valence-corrected chi connectivity index (χ3v) is 2.33. The number of hydrogen-bond donors (Lipinski definition) is 1. The van der Waals surface area contributed by atoms with Crippen LogP contribution in [0.3, 0.4) is 0 Å². The van der Waals surface area contributed by atoms with E-state index in [-0.39, 0.29) is 0 Å². The number of anilines is 1. The number of hydrogen-bond acceptors (Lipinski definition) is 2. The molecular weight excluding hydrogens is 186 g/mol. The number of aryl methyl sites for hydroxylation is 1. The monoisotopic (exact) mass is 201 g/mol. The van der Waals surface area contributed by atoms with Gasteiger partial charge in [0.2, 0.25) is 0 Å². The Labute approximate surface area is 89.7 Å². The lowest BCUT2D eigenvalue weighted by Gasteiger charge is -2.06. The minimum atomic E-state index is 0.810. The molecule has 0 unspecified atom stereocenters. The Kier molecular flexibility index (Phi) is 2.72. The van der Waals surface area contributed by atoms with Gasteiger partial charge in [-0.3, -0.25) is 0 Å². The highest BCUT2D eigenvalue weighted by atomic mass is 15.3. The smallest absolute Gasteiger partial charge is 0.124 e. The molecular formula is C12H15N3. The maximum Gasteiger partial charge on any atom is 0.124 e. The summed E-state index contributed by atoms with van der Waals surface area (Å²) in [6, 6.07) is 12.4. The zero-order valence-electron chi connectivity index (χ0n) is 9.07. The maximum absolute atomic E-state index is 4.43. The maximum atomic E-state index is 4.43. The summed E-state index contributed by atoms with van der Waals surface area (Å²) in [6.07, 6.45) is 0. The molecule has 0 aliphatic carbocycles. The van der Waals surface area contributed by atoms with Crippen LogP contribution in [-0.2, 0) is 6.54 Å². The standard InChI is InChI=1S/C12H15N3/c1-10-8-12(13-2)15(14-10)9-11-6-4-3-5-7-11/h3-8,13H,9H2,1-2H3. The van der Waals surface area contributed by atoms with E-state index in [0.29, 0.717) is 0 Å². The quantitative estimate of drug-likeness (QED) is 0.825. The van der Waals surface area contributed by atoms with E-state index in [4.69, 9.17) is 0 Å². The van der Waals surface area contributed by atoms with Crippen LogP contribution in [0, 0.1) is 6.92 Å². The molecule has 0 atom stereocenters. The fourth-order valence-corrected chi connectivity index (χ4v) is 1.62. The molecule has 0 aliphatic heterocycles. The van der Waals surface area contributed by atoms with Crippen LogP contribution >= 0.6 is 0 Å². The Morgan fingerprint density at radius 2 is 2.00 bits per heavy atom. The van der Waals surface area contributed by atoms with Crippen molar-refractivity contribution in [3.05, 3.63) is 47.7 Å². The summed E-state index contributed by atoms with van der Waals surface area (Å²) < 4.78 is 1.98. The van der Waals surface area contributed by atoms with Crippen LogP contribution in [0.25, 0.3) is 0 Å². The summed E-state index contributed by atoms with van der Waals surface area (Å²) in [5.41, 5.74) is 2.30. The third-order valence-electron chi connectivity index (χ3n) is 2.33. The number of nitrogens with zero attached hydrogens (tertiary/aromatic N) is 2. The van der Waals surface area contributed by atoms with Crippen LogP contribution in [0.4, 0.5) is 5.82 Å². The van der Waals surface area contributed by atoms with Gasteiger partial charge in [0.1, 0.15) is 5.82 Å². The fraction of sp³-hybridized carbons (Fsp3) is 0.250. The van der Waals surface area contributed by atoms with E-state index in [1.54, 1.807) is 0 Å². The van der Waals surface area contributed by atoms with Crippen molar-refractivity contribution in [3.8, 4) is 0 Å². The third kappa shape index (κ3) is 2.18. The van der Waals surface area contributed by atoms with Crippen molar-refractivity contribution >= 4 is 5.82 Å². The van der Waals surface area contributed by atoms with E-state index in [1.807, 2.05) is 42.9 Å². The zero-order valence-corrected chi connectivity index (χ0v) is 9.07. The van der Waals surface area contributed by atoms with E-state index in [1.165, 1.54) is 5.56 Å². The van der Waals surface area contributed by atoms with Gasteiger partial charge in [0.25, 0.3) is 0 Å². The minimum absolute atomic E-state index is 0.810. The molecule has 1 heterocycles. The van der Waals surface area contributed by atoms with E-state index in [0.717, 1.165) is 18.1 Å². The molecule has 0 amide bonds. The second-order valence-corrected chi connectivity index (χ2v) is 3.56. The Morgan fingerprint density at radius 3 is 2.67 bits per heavy atom. The van der Waals surface area contributed by atoms with E-state index < -0.39 is 0 Å². The summed E-state index contributed by atoms with van der Waals surface area (Å²) in [5, 5.41) is 7.57. The zero-order chi connectivity index (χ0) is 10.7. The number of rotatable bonds is 3. The first kappa shape index (κ1) is 9.77. The second kappa shape index (κ2) is 4.17. The number of nitrogens with one attached hydrogen (secondary N) is 1. The fourth-order valence-electron chi connectivity index (χ4n) is 1.62. The largest absolute Gasteiger partial charge is 0.373 e. The molecule has 0 radical (unpaired) electrons. The topological polar surface area (TPSA) is 29.9 Å². The summed E-state index contributed by atoms with van der Waals surface area (Å²) >= 11 is 0. The summed E-state index contributed by atoms with van der Waals surface area (Å²) in [5.74, 6) is 1.05. The van der Waals surface area contributed by atoms with Crippen molar-refractivity contribution in [2.45, 2.75) is 13.5 Å². The predicted molar refractivity (Wildman–Crippen MR) is 62.1 cm³/mol. The molecule has 2 aromatic rings. The van der Waals surface area contributed by atoms with Crippen molar-refractivity contribution in [2.75, 3.05) is 12.4 Å². The first-order chi connectivity index (χ1) is 7.29. The molecule has 0 bridgehead atoms. The van der Waals surface area contributed by atoms with Crippen molar-refractivity contribution in [1.29, 1.82) is 0 Å². The van der Waals surface area contributed by atoms with Gasteiger partial charge in [-0.15, -0.1) is 0 Å². The van der Waals surface area contributed by atoms with E-state index in [2.05, 4.69) is 22.5 Å². The Morgan fingerprint density at radius 1 is 1.27 bits per heavy atom. The van der Waals surface area contributed by atoms with Crippen LogP contribution in [-0.4, -0.2) is 16.8 Å². The molecule has 2 rings (SSSR count). The summed E-state index contributed by atoms with van der Waals surface area (Å²) in [6.45, 7) is 2.81. The van der Waals surface area contributed by atoms with Crippen LogP contribution in [0.15, 0.2) is 36.4 Å². The molecule has 0 saturated heterocycles. The van der Waals surface area contributed by atoms with Gasteiger partial charge in [0.05, 0.1) is 12.2 Å². The molecule has 15 heavy (non-hydrogen) atoms. The molecule has 3 nitrogen and oxygen atoms in total. The van der Waals surface area contributed by atoms with Crippen molar-refractivity contribution in [2.24, 2.45) is 0 Å². The van der Waals surface area contributed by atoms with Gasteiger partial charge in [-0.05, 0) is 12.5 Å². The van der Waals surface area contributed by atoms with Crippen LogP contribution < -0.4 is 5.32 Å². The van der Waals surface area contributed by atoms with Gasteiger partial charge in [-0.2, -0.15) is 5.10 Å². The average molecular weight is 201 g/mol. The normalized spacial score (nSPS) is 10.3. The van der Waals surface area contributed by atoms with Crippen LogP contribution in [0.1, 0.15) is 11.3 Å². The molecule has 1 aromatic carbocycles. The molecule has 78 valence electrons. The number of aromatic nitrogens is 2. The lowest BCUT2D eigenvalue weighted by atomic mass is 10.2. The van der Waals surface area contributed by atoms with Gasteiger partial charge < -0.3 is 5.32 Å². The lowest BCUT2D eigenvalue weighted by Crippen LogP contribution is -2.05. The molecule has 1 aromatic heterocycles. The predicted octanol–water partition coefficient (Wildman–Crippen LogP) is 2.28. The van der Waals surface area contributed by atoms with Gasteiger partial charge in [-0.25, -0.2) is 4.68 Å². The highest BCUT2D eigenvalue weighted by Crippen LogP contribution is 2.11. The van der Waals surface area contributed by atoms with Crippen LogP contribution in [0.5, 0.6) is 0 Å². The highest BCUT2D eigenvalue weighted by molar-refractivity contribution is 5.36. The number of benzene rings is 1. The SMILES string of the molecule is CNc1cc(C)nn1Cc1ccccc1. The average Bonchev–Trinajstić information content (AvgIpc) is 2.60. The van der Waals surface area contributed by atoms with Gasteiger partial charge >= 0.3 is 0 Å². The molecule has 1 N–H and O–H groups in total. The molecule has 0 saturated carbocycles. The summed E-state index contributed by atoms with van der Waals surface area (Å²) in [4.78, 5) is 0. The van der Waals surface area contributed by atoms with Gasteiger partial charge in [0.15, 0.2) is 0 Å². The molecule has 0 fully saturated rings. The Hall–Kier alpha value is -1.77. The first-order valence-corrected chi connectivity index (χ1v) is 5.06. The highest BCUT2D eigenvalue weighted by Gasteiger charge is 2.03. The van der Waals surface area contributed by atoms with Gasteiger partial charge in [-0.1, -0.05) is 30.3 Å². The lowest BCUT2D eigenvalue weighted by molar-refractivity contribution is 0.686. The Bertz CT molecular complexity index is 431. The van der Waals surface area contributed by atoms with Crippen LogP contribution in [0.2, 0.25) is 0 Å². The molecule has 0 aliphatic rings. The van der Waals surface area contributed by atoms with Gasteiger partial charge in [0, 0.05) is 13.1 Å². The van der Waals surface area contributed by atoms with Crippen molar-refractivity contribution < 1.29 is 0 Å².